The number of allylic oxidation sites excluding steroid dienone is 2. The van der Waals surface area contributed by atoms with Gasteiger partial charge in [0.25, 0.3) is 0 Å². The van der Waals surface area contributed by atoms with Crippen molar-refractivity contribution in [1.29, 1.82) is 0 Å². The minimum absolute atomic E-state index is 0.0143. The van der Waals surface area contributed by atoms with Crippen LogP contribution in [0.2, 0.25) is 0 Å². The third-order valence-electron chi connectivity index (χ3n) is 9.63. The van der Waals surface area contributed by atoms with Crippen molar-refractivity contribution in [2.45, 2.75) is 49.4 Å². The molecule has 1 atom stereocenters. The highest BCUT2D eigenvalue weighted by molar-refractivity contribution is 7.21. The average molecular weight is 743 g/mol. The Balaban J connectivity index is 1.63. The van der Waals surface area contributed by atoms with Crippen molar-refractivity contribution in [3.05, 3.63) is 115 Å². The molecule has 2 aromatic carbocycles. The Morgan fingerprint density at radius 3 is 1.96 bits per heavy atom. The molecule has 8 rings (SSSR count). The number of alkyl halides is 6. The minimum Gasteiger partial charge on any atom is -0.493 e. The van der Waals surface area contributed by atoms with Gasteiger partial charge in [-0.15, -0.1) is 34.0 Å². The maximum absolute atomic E-state index is 16.5. The van der Waals surface area contributed by atoms with E-state index in [1.807, 2.05) is 45.0 Å². The van der Waals surface area contributed by atoms with Crippen LogP contribution in [0.5, 0.6) is 11.5 Å². The summed E-state index contributed by atoms with van der Waals surface area (Å²) in [6.07, 6.45) is 0. The number of methoxy groups -OCH3 is 2. The largest absolute Gasteiger partial charge is 0.493 e. The van der Waals surface area contributed by atoms with Gasteiger partial charge in [-0.2, -0.15) is 26.3 Å². The molecule has 0 saturated heterocycles. The molecule has 0 bridgehead atoms. The van der Waals surface area contributed by atoms with Crippen LogP contribution in [-0.2, 0) is 10.8 Å². The Morgan fingerprint density at radius 1 is 0.720 bits per heavy atom. The zero-order valence-electron chi connectivity index (χ0n) is 27.2. The molecule has 0 N–H and O–H groups in total. The van der Waals surface area contributed by atoms with E-state index in [9.17, 15) is 0 Å². The molecular weight excluding hydrogens is 715 g/mol. The molecule has 6 aromatic rings. The first kappa shape index (κ1) is 33.2. The fraction of sp³-hybridized carbons (Fsp3) is 0.263. The van der Waals surface area contributed by atoms with E-state index in [0.29, 0.717) is 20.2 Å². The molecule has 3 nitrogen and oxygen atoms in total. The van der Waals surface area contributed by atoms with Gasteiger partial charge in [0.2, 0.25) is 0 Å². The van der Waals surface area contributed by atoms with Crippen LogP contribution < -0.4 is 9.47 Å². The summed E-state index contributed by atoms with van der Waals surface area (Å²) in [5.41, 5.74) is -4.16. The summed E-state index contributed by atoms with van der Waals surface area (Å²) < 4.78 is 115. The molecule has 0 aliphatic heterocycles. The number of hydrogen-bond donors (Lipinski definition) is 0. The van der Waals surface area contributed by atoms with Gasteiger partial charge < -0.3 is 13.9 Å². The number of halogens is 6. The summed E-state index contributed by atoms with van der Waals surface area (Å²) in [4.78, 5) is 1.89. The van der Waals surface area contributed by atoms with Gasteiger partial charge in [-0.05, 0) is 51.6 Å². The third kappa shape index (κ3) is 4.15. The molecule has 4 heterocycles. The van der Waals surface area contributed by atoms with Gasteiger partial charge in [-0.1, -0.05) is 57.2 Å². The van der Waals surface area contributed by atoms with Crippen molar-refractivity contribution >= 4 is 56.1 Å². The first-order valence-electron chi connectivity index (χ1n) is 15.5. The van der Waals surface area contributed by atoms with Crippen LogP contribution in [0.25, 0.3) is 31.9 Å². The fourth-order valence-electron chi connectivity index (χ4n) is 7.19. The molecule has 0 amide bonds. The number of rotatable bonds is 5. The summed E-state index contributed by atoms with van der Waals surface area (Å²) >= 11 is 3.72. The molecule has 4 aromatic heterocycles. The lowest BCUT2D eigenvalue weighted by molar-refractivity contribution is -0.254. The van der Waals surface area contributed by atoms with Crippen LogP contribution in [0.1, 0.15) is 58.5 Å². The predicted octanol–water partition coefficient (Wildman–Crippen LogP) is 12.1. The van der Waals surface area contributed by atoms with Gasteiger partial charge in [0.15, 0.2) is 11.5 Å². The Labute approximate surface area is 295 Å². The number of hydrogen-bond acceptors (Lipinski definition) is 6. The summed E-state index contributed by atoms with van der Waals surface area (Å²) in [5.74, 6) is -16.2. The first-order chi connectivity index (χ1) is 23.6. The second kappa shape index (κ2) is 10.8. The van der Waals surface area contributed by atoms with Crippen LogP contribution in [-0.4, -0.2) is 32.0 Å². The molecule has 12 heteroatoms. The fourth-order valence-corrected chi connectivity index (χ4v) is 10.4. The lowest BCUT2D eigenvalue weighted by Gasteiger charge is -2.34. The van der Waals surface area contributed by atoms with Crippen LogP contribution in [0, 0.1) is 0 Å². The van der Waals surface area contributed by atoms with E-state index in [-0.39, 0.29) is 44.1 Å². The van der Waals surface area contributed by atoms with Gasteiger partial charge in [0, 0.05) is 53.2 Å². The zero-order chi connectivity index (χ0) is 35.6. The van der Waals surface area contributed by atoms with Gasteiger partial charge in [-0.25, -0.2) is 0 Å². The van der Waals surface area contributed by atoms with E-state index in [0.717, 1.165) is 16.9 Å². The Hall–Kier alpha value is -4.00. The van der Waals surface area contributed by atoms with E-state index >= 15 is 26.3 Å². The highest BCUT2D eigenvalue weighted by Crippen LogP contribution is 2.70. The van der Waals surface area contributed by atoms with E-state index in [1.54, 1.807) is 35.0 Å². The predicted molar refractivity (Wildman–Crippen MR) is 187 cm³/mol. The molecule has 2 aliphatic rings. The Morgan fingerprint density at radius 2 is 1.36 bits per heavy atom. The van der Waals surface area contributed by atoms with Gasteiger partial charge in [0.1, 0.15) is 16.8 Å². The van der Waals surface area contributed by atoms with Crippen LogP contribution in [0.3, 0.4) is 0 Å². The monoisotopic (exact) mass is 742 g/mol. The molecule has 0 radical (unpaired) electrons. The zero-order valence-corrected chi connectivity index (χ0v) is 29.7. The first-order valence-corrected chi connectivity index (χ1v) is 18.1. The summed E-state index contributed by atoms with van der Waals surface area (Å²) in [6.45, 7) is 6.14. The van der Waals surface area contributed by atoms with Gasteiger partial charge in [0.05, 0.1) is 14.2 Å². The van der Waals surface area contributed by atoms with Crippen molar-refractivity contribution in [3.8, 4) is 21.3 Å². The van der Waals surface area contributed by atoms with Crippen LogP contribution in [0.4, 0.5) is 26.3 Å². The highest BCUT2D eigenvalue weighted by Gasteiger charge is 2.81. The number of fused-ring (bicyclic) bond motifs is 6. The third-order valence-corrected chi connectivity index (χ3v) is 12.9. The number of furan rings is 1. The molecule has 258 valence electrons. The summed E-state index contributed by atoms with van der Waals surface area (Å²) in [5, 5.41) is 3.51. The maximum Gasteiger partial charge on any atom is 0.380 e. The SMILES string of the molecule is COc1cc2oc3c(c2cc1OC)C1=C(c2cc(-c4cccs4)sc2C3(c2ccc(C(C)(C)C)cc2)c2cccs2)C(F)(F)C(F)(F)C1(F)F. The standard InChI is InChI=1S/C38H28F6O3S3/c1-34(2,3)19-10-12-20(13-11-19)35(28-9-7-15-49-28)32-29(21-16-24(45-4)25(46-5)18-23(21)47-32)31-30(36(39,40)38(43,44)37(31,41)42)22-17-27(50-33(22)35)26-8-6-14-48-26/h6-18H,1-5H3. The second-order valence-electron chi connectivity index (χ2n) is 13.4. The number of thiophene rings is 3. The smallest absolute Gasteiger partial charge is 0.380 e. The second-order valence-corrected chi connectivity index (χ2v) is 16.3. The summed E-state index contributed by atoms with van der Waals surface area (Å²) in [6, 6.07) is 18.7. The number of benzene rings is 2. The van der Waals surface area contributed by atoms with Gasteiger partial charge in [-0.3, -0.25) is 0 Å². The van der Waals surface area contributed by atoms with Crippen LogP contribution >= 0.6 is 34.0 Å². The van der Waals surface area contributed by atoms with Crippen molar-refractivity contribution < 1.29 is 40.2 Å². The number of ether oxygens (including phenoxy) is 2. The van der Waals surface area contributed by atoms with Crippen LogP contribution in [0.15, 0.2) is 81.9 Å². The normalized spacial score (nSPS) is 20.4. The molecule has 0 fully saturated rings. The Kier molecular flexibility index (Phi) is 7.13. The maximum atomic E-state index is 16.5. The van der Waals surface area contributed by atoms with E-state index in [4.69, 9.17) is 13.9 Å². The van der Waals surface area contributed by atoms with E-state index in [1.165, 1.54) is 55.1 Å². The lowest BCUT2D eigenvalue weighted by atomic mass is 9.72. The van der Waals surface area contributed by atoms with E-state index < -0.39 is 39.9 Å². The molecule has 2 aliphatic carbocycles. The molecular formula is C38H28F6O3S3. The summed E-state index contributed by atoms with van der Waals surface area (Å²) in [7, 11) is 2.71. The van der Waals surface area contributed by atoms with Gasteiger partial charge >= 0.3 is 17.8 Å². The molecule has 50 heavy (non-hydrogen) atoms. The highest BCUT2D eigenvalue weighted by atomic mass is 32.1. The van der Waals surface area contributed by atoms with Crippen molar-refractivity contribution in [1.82, 2.24) is 0 Å². The topological polar surface area (TPSA) is 31.6 Å². The molecule has 0 saturated carbocycles. The van der Waals surface area contributed by atoms with Crippen molar-refractivity contribution in [2.24, 2.45) is 0 Å². The van der Waals surface area contributed by atoms with Crippen molar-refractivity contribution in [3.63, 3.8) is 0 Å². The minimum atomic E-state index is -5.75. The lowest BCUT2D eigenvalue weighted by Crippen LogP contribution is -2.49. The average Bonchev–Trinajstić information content (AvgIpc) is 3.90. The Bertz CT molecular complexity index is 2310. The molecule has 0 spiro atoms. The molecule has 1 unspecified atom stereocenters. The quantitative estimate of drug-likeness (QED) is 0.165. The van der Waals surface area contributed by atoms with Crippen molar-refractivity contribution in [2.75, 3.05) is 14.2 Å². The van der Waals surface area contributed by atoms with E-state index in [2.05, 4.69) is 0 Å².